The van der Waals surface area contributed by atoms with Gasteiger partial charge in [0.1, 0.15) is 0 Å². The number of hydrogen-bond donors (Lipinski definition) is 2. The third-order valence-corrected chi connectivity index (χ3v) is 3.52. The maximum atomic E-state index is 12.5. The summed E-state index contributed by atoms with van der Waals surface area (Å²) in [6.45, 7) is 0. The van der Waals surface area contributed by atoms with E-state index < -0.39 is 23.1 Å². The van der Waals surface area contributed by atoms with Gasteiger partial charge in [0.25, 0.3) is 5.54 Å². The minimum absolute atomic E-state index is 0.133. The number of hydrogen-bond acceptors (Lipinski definition) is 4. The van der Waals surface area contributed by atoms with Crippen molar-refractivity contribution < 1.29 is 19.5 Å². The fraction of sp³-hybridized carbons (Fsp3) is 0.0625. The van der Waals surface area contributed by atoms with Crippen LogP contribution in [0.25, 0.3) is 0 Å². The second-order valence-corrected chi connectivity index (χ2v) is 4.75. The normalized spacial score (nSPS) is 15.6. The Morgan fingerprint density at radius 1 is 0.857 bits per heavy atom. The van der Waals surface area contributed by atoms with Crippen LogP contribution < -0.4 is 5.32 Å². The van der Waals surface area contributed by atoms with Gasteiger partial charge in [-0.3, -0.25) is 9.59 Å². The Morgan fingerprint density at radius 2 is 1.33 bits per heavy atom. The Hall–Kier alpha value is -2.95. The molecule has 2 aromatic carbocycles. The number of ketones is 2. The molecule has 0 aliphatic heterocycles. The van der Waals surface area contributed by atoms with Crippen molar-refractivity contribution in [2.75, 3.05) is 5.32 Å². The van der Waals surface area contributed by atoms with Crippen molar-refractivity contribution in [2.45, 2.75) is 5.54 Å². The molecule has 3 rings (SSSR count). The molecule has 0 bridgehead atoms. The first kappa shape index (κ1) is 13.1. The molecular weight excluding hydrogens is 270 g/mol. The molecule has 0 saturated heterocycles. The van der Waals surface area contributed by atoms with Crippen LogP contribution in [0.3, 0.4) is 0 Å². The minimum atomic E-state index is -2.29. The van der Waals surface area contributed by atoms with E-state index in [9.17, 15) is 19.5 Å². The maximum Gasteiger partial charge on any atom is 0.345 e. The number of rotatable bonds is 3. The van der Waals surface area contributed by atoms with Crippen molar-refractivity contribution in [3.05, 3.63) is 65.7 Å². The molecule has 0 radical (unpaired) electrons. The number of carbonyl (C=O) groups is 3. The van der Waals surface area contributed by atoms with Gasteiger partial charge in [0, 0.05) is 16.8 Å². The minimum Gasteiger partial charge on any atom is -0.479 e. The van der Waals surface area contributed by atoms with Gasteiger partial charge in [0.2, 0.25) is 11.6 Å². The first-order chi connectivity index (χ1) is 10.1. The summed E-state index contributed by atoms with van der Waals surface area (Å²) in [5, 5.41) is 12.1. The van der Waals surface area contributed by atoms with Crippen LogP contribution in [-0.2, 0) is 4.79 Å². The summed E-state index contributed by atoms with van der Waals surface area (Å²) in [6, 6.07) is 14.5. The molecule has 0 amide bonds. The van der Waals surface area contributed by atoms with Gasteiger partial charge >= 0.3 is 5.97 Å². The predicted molar refractivity (Wildman–Crippen MR) is 75.5 cm³/mol. The zero-order valence-corrected chi connectivity index (χ0v) is 10.9. The van der Waals surface area contributed by atoms with E-state index in [2.05, 4.69) is 5.32 Å². The third kappa shape index (κ3) is 1.74. The summed E-state index contributed by atoms with van der Waals surface area (Å²) >= 11 is 0. The van der Waals surface area contributed by atoms with Crippen LogP contribution in [0.1, 0.15) is 20.7 Å². The summed E-state index contributed by atoms with van der Waals surface area (Å²) in [4.78, 5) is 36.7. The van der Waals surface area contributed by atoms with Gasteiger partial charge in [-0.2, -0.15) is 0 Å². The zero-order valence-electron chi connectivity index (χ0n) is 10.9. The van der Waals surface area contributed by atoms with Crippen molar-refractivity contribution in [2.24, 2.45) is 0 Å². The highest BCUT2D eigenvalue weighted by molar-refractivity contribution is 6.43. The Balaban J connectivity index is 2.14. The van der Waals surface area contributed by atoms with E-state index in [4.69, 9.17) is 0 Å². The van der Waals surface area contributed by atoms with Gasteiger partial charge in [0.05, 0.1) is 0 Å². The van der Waals surface area contributed by atoms with E-state index in [0.29, 0.717) is 5.69 Å². The summed E-state index contributed by atoms with van der Waals surface area (Å²) in [5.41, 5.74) is -1.62. The number of Topliss-reactive ketones (excluding diaryl/α,β-unsaturated/α-hetero) is 2. The van der Waals surface area contributed by atoms with Crippen LogP contribution in [0.4, 0.5) is 5.69 Å². The molecule has 0 saturated carbocycles. The molecule has 0 unspecified atom stereocenters. The number of nitrogens with one attached hydrogen (secondary N) is 1. The molecule has 1 aliphatic carbocycles. The number of para-hydroxylation sites is 1. The van der Waals surface area contributed by atoms with E-state index in [-0.39, 0.29) is 11.1 Å². The molecule has 0 heterocycles. The number of benzene rings is 2. The van der Waals surface area contributed by atoms with E-state index >= 15 is 0 Å². The molecular formula is C16H11NO4. The Kier molecular flexibility index (Phi) is 2.83. The van der Waals surface area contributed by atoms with E-state index in [1.807, 2.05) is 0 Å². The number of carboxylic acid groups (broad SMARTS) is 1. The maximum absolute atomic E-state index is 12.5. The smallest absolute Gasteiger partial charge is 0.345 e. The lowest BCUT2D eigenvalue weighted by atomic mass is 9.92. The van der Waals surface area contributed by atoms with Crippen LogP contribution in [-0.4, -0.2) is 28.2 Å². The molecule has 5 nitrogen and oxygen atoms in total. The predicted octanol–water partition coefficient (Wildman–Crippen LogP) is 2.00. The Morgan fingerprint density at radius 3 is 1.81 bits per heavy atom. The van der Waals surface area contributed by atoms with Gasteiger partial charge in [0.15, 0.2) is 0 Å². The second kappa shape index (κ2) is 4.56. The summed E-state index contributed by atoms with van der Waals surface area (Å²) in [6.07, 6.45) is 0. The van der Waals surface area contributed by atoms with Crippen molar-refractivity contribution >= 4 is 23.2 Å². The lowest BCUT2D eigenvalue weighted by molar-refractivity contribution is -0.138. The fourth-order valence-electron chi connectivity index (χ4n) is 2.49. The number of carbonyl (C=O) groups excluding carboxylic acids is 2. The van der Waals surface area contributed by atoms with E-state index in [0.717, 1.165) is 0 Å². The first-order valence-electron chi connectivity index (χ1n) is 6.32. The molecule has 104 valence electrons. The molecule has 0 atom stereocenters. The second-order valence-electron chi connectivity index (χ2n) is 4.75. The standard InChI is InChI=1S/C16H11NO4/c18-13-11-8-4-5-9-12(11)14(19)16(13,15(20)21)17-10-6-2-1-3-7-10/h1-9,17H,(H,20,21). The highest BCUT2D eigenvalue weighted by Crippen LogP contribution is 2.33. The molecule has 0 spiro atoms. The van der Waals surface area contributed by atoms with Gasteiger partial charge in [-0.05, 0) is 12.1 Å². The number of anilines is 1. The molecule has 0 fully saturated rings. The highest BCUT2D eigenvalue weighted by Gasteiger charge is 2.59. The SMILES string of the molecule is O=C(O)C1(Nc2ccccc2)C(=O)c2ccccc2C1=O. The lowest BCUT2D eigenvalue weighted by Crippen LogP contribution is -2.55. The van der Waals surface area contributed by atoms with Crippen LogP contribution in [0.5, 0.6) is 0 Å². The highest BCUT2D eigenvalue weighted by atomic mass is 16.4. The lowest BCUT2D eigenvalue weighted by Gasteiger charge is -2.23. The molecule has 2 N–H and O–H groups in total. The van der Waals surface area contributed by atoms with Crippen LogP contribution in [0.2, 0.25) is 0 Å². The van der Waals surface area contributed by atoms with Gasteiger partial charge in [-0.15, -0.1) is 0 Å². The monoisotopic (exact) mass is 281 g/mol. The number of carboxylic acids is 1. The fourth-order valence-corrected chi connectivity index (χ4v) is 2.49. The third-order valence-electron chi connectivity index (χ3n) is 3.52. The zero-order chi connectivity index (χ0) is 15.0. The molecule has 0 aromatic heterocycles. The first-order valence-corrected chi connectivity index (χ1v) is 6.32. The molecule has 1 aliphatic rings. The Labute approximate surface area is 120 Å². The largest absolute Gasteiger partial charge is 0.479 e. The number of fused-ring (bicyclic) bond motifs is 1. The van der Waals surface area contributed by atoms with Crippen molar-refractivity contribution in [1.29, 1.82) is 0 Å². The van der Waals surface area contributed by atoms with Crippen molar-refractivity contribution in [3.63, 3.8) is 0 Å². The van der Waals surface area contributed by atoms with Gasteiger partial charge in [-0.1, -0.05) is 42.5 Å². The van der Waals surface area contributed by atoms with E-state index in [1.54, 1.807) is 42.5 Å². The summed E-state index contributed by atoms with van der Waals surface area (Å²) in [7, 11) is 0. The van der Waals surface area contributed by atoms with E-state index in [1.165, 1.54) is 12.1 Å². The van der Waals surface area contributed by atoms with Crippen molar-refractivity contribution in [3.8, 4) is 0 Å². The topological polar surface area (TPSA) is 83.5 Å². The molecule has 2 aromatic rings. The average molecular weight is 281 g/mol. The number of aliphatic carboxylic acids is 1. The van der Waals surface area contributed by atoms with Crippen LogP contribution in [0, 0.1) is 0 Å². The Bertz CT molecular complexity index is 717. The summed E-state index contributed by atoms with van der Waals surface area (Å²) < 4.78 is 0. The van der Waals surface area contributed by atoms with Crippen LogP contribution >= 0.6 is 0 Å². The van der Waals surface area contributed by atoms with Crippen LogP contribution in [0.15, 0.2) is 54.6 Å². The van der Waals surface area contributed by atoms with Gasteiger partial charge in [-0.25, -0.2) is 4.79 Å². The quantitative estimate of drug-likeness (QED) is 0.841. The molecule has 5 heteroatoms. The van der Waals surface area contributed by atoms with Crippen molar-refractivity contribution in [1.82, 2.24) is 0 Å². The van der Waals surface area contributed by atoms with Gasteiger partial charge < -0.3 is 10.4 Å². The summed E-state index contributed by atoms with van der Waals surface area (Å²) in [5.74, 6) is -2.98. The molecule has 21 heavy (non-hydrogen) atoms. The average Bonchev–Trinajstić information content (AvgIpc) is 2.72.